The van der Waals surface area contributed by atoms with Crippen LogP contribution >= 0.6 is 0 Å². The van der Waals surface area contributed by atoms with Gasteiger partial charge in [-0.05, 0) is 19.8 Å². The second-order valence-corrected chi connectivity index (χ2v) is 6.30. The molecule has 9 heteroatoms. The number of nitrogens with one attached hydrogen (secondary N) is 2. The fourth-order valence-electron chi connectivity index (χ4n) is 3.52. The van der Waals surface area contributed by atoms with E-state index < -0.39 is 0 Å². The average Bonchev–Trinajstić information content (AvgIpc) is 3.29. The summed E-state index contributed by atoms with van der Waals surface area (Å²) in [5.41, 5.74) is 8.10. The highest BCUT2D eigenvalue weighted by Crippen LogP contribution is 2.37. The zero-order valence-corrected chi connectivity index (χ0v) is 14.1. The molecule has 3 aromatic heterocycles. The summed E-state index contributed by atoms with van der Waals surface area (Å²) in [5.74, 6) is 1.53. The Morgan fingerprint density at radius 2 is 2.28 bits per heavy atom. The number of anilines is 4. The summed E-state index contributed by atoms with van der Waals surface area (Å²) in [5, 5.41) is 20.0. The second-order valence-electron chi connectivity index (χ2n) is 6.30. The monoisotopic (exact) mass is 337 g/mol. The minimum Gasteiger partial charge on any atom is -0.383 e. The largest absolute Gasteiger partial charge is 0.383 e. The van der Waals surface area contributed by atoms with Crippen LogP contribution in [0.4, 0.5) is 23.3 Å². The molecule has 0 saturated carbocycles. The first-order valence-corrected chi connectivity index (χ1v) is 8.18. The van der Waals surface area contributed by atoms with Gasteiger partial charge in [0.2, 0.25) is 5.95 Å². The molecule has 4 N–H and O–H groups in total. The number of H-pyrrole nitrogens is 1. The van der Waals surface area contributed by atoms with Crippen molar-refractivity contribution in [3.63, 3.8) is 0 Å². The molecular weight excluding hydrogens is 318 g/mol. The van der Waals surface area contributed by atoms with Crippen molar-refractivity contribution in [2.75, 3.05) is 22.5 Å². The molecule has 0 bridgehead atoms. The van der Waals surface area contributed by atoms with Crippen molar-refractivity contribution in [1.29, 1.82) is 5.26 Å². The van der Waals surface area contributed by atoms with Gasteiger partial charge in [0.15, 0.2) is 0 Å². The van der Waals surface area contributed by atoms with Crippen LogP contribution in [0.1, 0.15) is 25.3 Å². The van der Waals surface area contributed by atoms with Gasteiger partial charge in [0, 0.05) is 25.8 Å². The molecule has 0 amide bonds. The van der Waals surface area contributed by atoms with E-state index in [1.807, 2.05) is 11.6 Å². The van der Waals surface area contributed by atoms with Crippen LogP contribution in [0.2, 0.25) is 0 Å². The highest BCUT2D eigenvalue weighted by atomic mass is 15.3. The summed E-state index contributed by atoms with van der Waals surface area (Å²) in [7, 11) is 1.91. The van der Waals surface area contributed by atoms with Gasteiger partial charge < -0.3 is 20.5 Å². The van der Waals surface area contributed by atoms with Gasteiger partial charge in [-0.25, -0.2) is 0 Å². The van der Waals surface area contributed by atoms with E-state index >= 15 is 0 Å². The molecule has 0 radical (unpaired) electrons. The number of fused-ring (bicyclic) bond motifs is 1. The van der Waals surface area contributed by atoms with Crippen molar-refractivity contribution < 1.29 is 0 Å². The number of rotatable bonds is 3. The predicted octanol–water partition coefficient (Wildman–Crippen LogP) is 1.88. The van der Waals surface area contributed by atoms with Gasteiger partial charge in [-0.3, -0.25) is 5.10 Å². The van der Waals surface area contributed by atoms with Crippen molar-refractivity contribution in [2.24, 2.45) is 7.05 Å². The van der Waals surface area contributed by atoms with E-state index in [0.29, 0.717) is 34.4 Å². The molecule has 1 atom stereocenters. The van der Waals surface area contributed by atoms with Crippen LogP contribution in [0, 0.1) is 11.3 Å². The van der Waals surface area contributed by atoms with E-state index in [9.17, 15) is 5.26 Å². The quantitative estimate of drug-likeness (QED) is 0.666. The van der Waals surface area contributed by atoms with Crippen LogP contribution < -0.4 is 16.0 Å². The zero-order chi connectivity index (χ0) is 17.6. The molecule has 4 heterocycles. The summed E-state index contributed by atoms with van der Waals surface area (Å²) < 4.78 is 1.94. The molecule has 0 spiro atoms. The molecule has 0 aliphatic carbocycles. The van der Waals surface area contributed by atoms with E-state index in [-0.39, 0.29) is 0 Å². The highest BCUT2D eigenvalue weighted by Gasteiger charge is 2.29. The standard InChI is InChI=1S/C16H19N9/c1-9-4-3-5-25(9)15-11(6-17)12-13(18)22-16(23-14(12)24(15)2)21-10-7-19-20-8-10/h7-9H,3-5H2,1-2H3,(H,19,20)(H3,18,21,22,23)/t9-/m1/s1. The summed E-state index contributed by atoms with van der Waals surface area (Å²) >= 11 is 0. The van der Waals surface area contributed by atoms with Crippen LogP contribution in [-0.2, 0) is 7.05 Å². The minimum absolute atomic E-state index is 0.293. The molecule has 128 valence electrons. The number of hydrogen-bond donors (Lipinski definition) is 3. The maximum atomic E-state index is 9.75. The molecule has 1 aliphatic rings. The van der Waals surface area contributed by atoms with E-state index in [1.54, 1.807) is 12.4 Å². The third-order valence-electron chi connectivity index (χ3n) is 4.72. The van der Waals surface area contributed by atoms with E-state index in [1.165, 1.54) is 0 Å². The van der Waals surface area contributed by atoms with Crippen molar-refractivity contribution in [2.45, 2.75) is 25.8 Å². The Labute approximate surface area is 144 Å². The Morgan fingerprint density at radius 1 is 1.44 bits per heavy atom. The van der Waals surface area contributed by atoms with E-state index in [0.717, 1.165) is 30.9 Å². The molecule has 1 aliphatic heterocycles. The van der Waals surface area contributed by atoms with Crippen molar-refractivity contribution in [1.82, 2.24) is 24.7 Å². The molecule has 0 unspecified atom stereocenters. The lowest BCUT2D eigenvalue weighted by molar-refractivity contribution is 0.712. The normalized spacial score (nSPS) is 17.2. The van der Waals surface area contributed by atoms with Gasteiger partial charge in [-0.2, -0.15) is 20.3 Å². The van der Waals surface area contributed by atoms with Gasteiger partial charge in [-0.15, -0.1) is 0 Å². The Kier molecular flexibility index (Phi) is 3.46. The Balaban J connectivity index is 1.89. The minimum atomic E-state index is 0.293. The van der Waals surface area contributed by atoms with E-state index in [4.69, 9.17) is 5.73 Å². The molecule has 9 nitrogen and oxygen atoms in total. The maximum Gasteiger partial charge on any atom is 0.231 e. The first-order valence-electron chi connectivity index (χ1n) is 8.18. The van der Waals surface area contributed by atoms with Crippen molar-refractivity contribution >= 4 is 34.3 Å². The lowest BCUT2D eigenvalue weighted by Crippen LogP contribution is -2.28. The van der Waals surface area contributed by atoms with E-state index in [2.05, 4.69) is 43.4 Å². The topological polar surface area (TPSA) is 124 Å². The maximum absolute atomic E-state index is 9.75. The second kappa shape index (κ2) is 5.66. The smallest absolute Gasteiger partial charge is 0.231 e. The van der Waals surface area contributed by atoms with Crippen LogP contribution in [0.15, 0.2) is 12.4 Å². The van der Waals surface area contributed by atoms with Crippen molar-refractivity contribution in [3.8, 4) is 6.07 Å². The number of aromatic nitrogens is 5. The molecule has 3 aromatic rings. The fraction of sp³-hybridized carbons (Fsp3) is 0.375. The molecule has 1 fully saturated rings. The van der Waals surface area contributed by atoms with Gasteiger partial charge in [-0.1, -0.05) is 0 Å². The number of nitriles is 1. The van der Waals surface area contributed by atoms with Crippen molar-refractivity contribution in [3.05, 3.63) is 18.0 Å². The summed E-state index contributed by atoms with van der Waals surface area (Å²) in [6.45, 7) is 3.10. The molecule has 4 rings (SSSR count). The molecule has 0 aromatic carbocycles. The van der Waals surface area contributed by atoms with Gasteiger partial charge in [0.05, 0.1) is 17.3 Å². The first kappa shape index (κ1) is 15.3. The number of nitrogens with two attached hydrogens (primary N) is 1. The molecular formula is C16H19N9. The Morgan fingerprint density at radius 3 is 2.92 bits per heavy atom. The number of aryl methyl sites for hydroxylation is 1. The lowest BCUT2D eigenvalue weighted by Gasteiger charge is -2.24. The zero-order valence-electron chi connectivity index (χ0n) is 14.1. The molecule has 1 saturated heterocycles. The number of hydrogen-bond acceptors (Lipinski definition) is 7. The fourth-order valence-corrected chi connectivity index (χ4v) is 3.52. The summed E-state index contributed by atoms with van der Waals surface area (Å²) in [4.78, 5) is 11.1. The van der Waals surface area contributed by atoms with Crippen LogP contribution in [0.3, 0.4) is 0 Å². The first-order chi connectivity index (χ1) is 12.1. The number of nitrogen functional groups attached to an aromatic ring is 1. The Hall–Kier alpha value is -3.28. The number of nitrogens with zero attached hydrogens (tertiary/aromatic N) is 6. The SMILES string of the molecule is C[C@@H]1CCCN1c1c(C#N)c2c(N)nc(Nc3cn[nH]c3)nc2n1C. The third kappa shape index (κ3) is 2.34. The average molecular weight is 337 g/mol. The number of aromatic amines is 1. The third-order valence-corrected chi connectivity index (χ3v) is 4.72. The van der Waals surface area contributed by atoms with Gasteiger partial charge in [0.1, 0.15) is 28.9 Å². The van der Waals surface area contributed by atoms with Crippen LogP contribution in [0.5, 0.6) is 0 Å². The van der Waals surface area contributed by atoms with Gasteiger partial charge in [0.25, 0.3) is 0 Å². The molecule has 25 heavy (non-hydrogen) atoms. The van der Waals surface area contributed by atoms with Crippen LogP contribution in [0.25, 0.3) is 11.0 Å². The summed E-state index contributed by atoms with van der Waals surface area (Å²) in [6.07, 6.45) is 5.56. The van der Waals surface area contributed by atoms with Crippen LogP contribution in [-0.4, -0.2) is 37.3 Å². The summed E-state index contributed by atoms with van der Waals surface area (Å²) in [6, 6.07) is 2.69. The predicted molar refractivity (Wildman–Crippen MR) is 95.5 cm³/mol. The Bertz CT molecular complexity index is 964. The lowest BCUT2D eigenvalue weighted by atomic mass is 10.2. The highest BCUT2D eigenvalue weighted by molar-refractivity contribution is 5.98. The van der Waals surface area contributed by atoms with Gasteiger partial charge >= 0.3 is 0 Å².